The van der Waals surface area contributed by atoms with Gasteiger partial charge in [0.2, 0.25) is 0 Å². The van der Waals surface area contributed by atoms with Crippen LogP contribution in [0.2, 0.25) is 39.3 Å². The molecule has 0 fully saturated rings. The van der Waals surface area contributed by atoms with Gasteiger partial charge in [0.15, 0.2) is 0 Å². The summed E-state index contributed by atoms with van der Waals surface area (Å²) in [4.78, 5) is 1.84. The van der Waals surface area contributed by atoms with E-state index in [2.05, 4.69) is 74.7 Å². The molecule has 0 saturated carbocycles. The fraction of sp³-hybridized carbons (Fsp3) is 1.00. The quantitative estimate of drug-likeness (QED) is 0.437. The van der Waals surface area contributed by atoms with Crippen molar-refractivity contribution in [1.29, 1.82) is 0 Å². The molecule has 98 valence electrons. The van der Waals surface area contributed by atoms with Gasteiger partial charge in [0.25, 0.3) is 0 Å². The summed E-state index contributed by atoms with van der Waals surface area (Å²) in [7, 11) is 2.47. The van der Waals surface area contributed by atoms with Gasteiger partial charge < -0.3 is 0 Å². The van der Waals surface area contributed by atoms with E-state index in [0.29, 0.717) is 0 Å². The van der Waals surface area contributed by atoms with Gasteiger partial charge >= 0.3 is 0 Å². The molecular formula is C12H30S2Si2. The zero-order valence-corrected chi connectivity index (χ0v) is 16.0. The van der Waals surface area contributed by atoms with Gasteiger partial charge in [-0.3, -0.25) is 0 Å². The summed E-state index contributed by atoms with van der Waals surface area (Å²) in [6.45, 7) is 19.7. The van der Waals surface area contributed by atoms with E-state index in [9.17, 15) is 0 Å². The van der Waals surface area contributed by atoms with E-state index in [1.807, 2.05) is 0 Å². The van der Waals surface area contributed by atoms with Crippen LogP contribution in [-0.4, -0.2) is 25.9 Å². The van der Waals surface area contributed by atoms with Gasteiger partial charge in [0.1, 0.15) is 0 Å². The lowest BCUT2D eigenvalue weighted by Crippen LogP contribution is -2.37. The summed E-state index contributed by atoms with van der Waals surface area (Å²) >= 11 is 0. The molecule has 0 aliphatic carbocycles. The molecule has 2 atom stereocenters. The van der Waals surface area contributed by atoms with Crippen LogP contribution in [0.1, 0.15) is 26.7 Å². The Hall–Kier alpha value is 1.13. The van der Waals surface area contributed by atoms with E-state index in [1.165, 1.54) is 12.8 Å². The van der Waals surface area contributed by atoms with E-state index < -0.39 is 16.1 Å². The smallest absolute Gasteiger partial charge is 0.0598 e. The second-order valence-corrected chi connectivity index (χ2v) is 21.1. The Kier molecular flexibility index (Phi) is 7.39. The normalized spacial score (nSPS) is 17.2. The zero-order valence-electron chi connectivity index (χ0n) is 12.4. The number of hydrogen-bond acceptors (Lipinski definition) is 2. The van der Waals surface area contributed by atoms with E-state index in [4.69, 9.17) is 0 Å². The van der Waals surface area contributed by atoms with Crippen molar-refractivity contribution in [2.75, 3.05) is 0 Å². The van der Waals surface area contributed by atoms with Crippen molar-refractivity contribution in [3.63, 3.8) is 0 Å². The summed E-state index contributed by atoms with van der Waals surface area (Å²) in [5, 5.41) is 0. The molecule has 16 heavy (non-hydrogen) atoms. The first kappa shape index (κ1) is 17.1. The van der Waals surface area contributed by atoms with Crippen LogP contribution in [0.5, 0.6) is 0 Å². The molecule has 0 aromatic rings. The highest BCUT2D eigenvalue weighted by atomic mass is 33.1. The summed E-state index contributed by atoms with van der Waals surface area (Å²) in [6.07, 6.45) is 2.69. The van der Waals surface area contributed by atoms with Crippen LogP contribution in [0.25, 0.3) is 0 Å². The van der Waals surface area contributed by atoms with Crippen LogP contribution >= 0.6 is 21.6 Å². The molecule has 0 aliphatic rings. The molecule has 0 nitrogen and oxygen atoms in total. The first-order chi connectivity index (χ1) is 7.12. The van der Waals surface area contributed by atoms with Crippen LogP contribution in [0.4, 0.5) is 0 Å². The zero-order chi connectivity index (χ0) is 13.0. The molecule has 0 heterocycles. The van der Waals surface area contributed by atoms with Crippen molar-refractivity contribution in [2.24, 2.45) is 0 Å². The van der Waals surface area contributed by atoms with Crippen molar-refractivity contribution in [2.45, 2.75) is 75.7 Å². The van der Waals surface area contributed by atoms with E-state index in [0.717, 1.165) is 9.75 Å². The minimum atomic E-state index is -0.968. The highest BCUT2D eigenvalue weighted by Crippen LogP contribution is 2.41. The minimum absolute atomic E-state index is 0.919. The Morgan fingerprint density at radius 2 is 0.938 bits per heavy atom. The Morgan fingerprint density at radius 3 is 1.06 bits per heavy atom. The van der Waals surface area contributed by atoms with Crippen molar-refractivity contribution >= 4 is 37.7 Å². The Bertz CT molecular complexity index is 172. The van der Waals surface area contributed by atoms with Crippen LogP contribution in [0.3, 0.4) is 0 Å². The van der Waals surface area contributed by atoms with E-state index in [-0.39, 0.29) is 0 Å². The van der Waals surface area contributed by atoms with Crippen molar-refractivity contribution in [1.82, 2.24) is 0 Å². The summed E-state index contributed by atoms with van der Waals surface area (Å²) in [5.74, 6) is 0. The SMILES string of the molecule is CCC(SSC(CC)[Si](C)(C)C)[Si](C)(C)C. The van der Waals surface area contributed by atoms with Crippen LogP contribution in [0, 0.1) is 0 Å². The second-order valence-electron chi connectivity index (χ2n) is 6.72. The topological polar surface area (TPSA) is 0 Å². The Morgan fingerprint density at radius 1 is 0.688 bits per heavy atom. The summed E-state index contributed by atoms with van der Waals surface area (Å²) in [6, 6.07) is 0. The lowest BCUT2D eigenvalue weighted by atomic mass is 10.6. The molecule has 2 unspecified atom stereocenters. The maximum atomic E-state index is 2.50. The predicted octanol–water partition coefficient (Wildman–Crippen LogP) is 5.68. The van der Waals surface area contributed by atoms with Crippen LogP contribution in [0.15, 0.2) is 0 Å². The maximum Gasteiger partial charge on any atom is 0.0598 e. The van der Waals surface area contributed by atoms with Crippen molar-refractivity contribution < 1.29 is 0 Å². The number of rotatable bonds is 7. The van der Waals surface area contributed by atoms with Gasteiger partial charge in [0.05, 0.1) is 16.1 Å². The Labute approximate surface area is 113 Å². The fourth-order valence-corrected chi connectivity index (χ4v) is 14.9. The largest absolute Gasteiger partial charge is 0.0939 e. The molecule has 0 rings (SSSR count). The minimum Gasteiger partial charge on any atom is -0.0939 e. The van der Waals surface area contributed by atoms with Crippen molar-refractivity contribution in [3.05, 3.63) is 0 Å². The molecule has 0 aromatic carbocycles. The van der Waals surface area contributed by atoms with E-state index >= 15 is 0 Å². The van der Waals surface area contributed by atoms with Crippen molar-refractivity contribution in [3.8, 4) is 0 Å². The molecule has 0 aromatic heterocycles. The molecular weight excluding hydrogens is 264 g/mol. The summed E-state index contributed by atoms with van der Waals surface area (Å²) in [5.41, 5.74) is 0. The lowest BCUT2D eigenvalue weighted by molar-refractivity contribution is 1.01. The second kappa shape index (κ2) is 6.90. The fourth-order valence-electron chi connectivity index (χ4n) is 1.78. The molecule has 4 heteroatoms. The highest BCUT2D eigenvalue weighted by molar-refractivity contribution is 8.77. The van der Waals surface area contributed by atoms with E-state index in [1.54, 1.807) is 0 Å². The summed E-state index contributed by atoms with van der Waals surface area (Å²) < 4.78 is 0. The third kappa shape index (κ3) is 6.17. The van der Waals surface area contributed by atoms with Gasteiger partial charge in [-0.2, -0.15) is 0 Å². The Balaban J connectivity index is 4.30. The molecule has 0 amide bonds. The average molecular weight is 295 g/mol. The van der Waals surface area contributed by atoms with Gasteiger partial charge in [-0.25, -0.2) is 0 Å². The predicted molar refractivity (Wildman–Crippen MR) is 90.0 cm³/mol. The maximum absolute atomic E-state index is 2.50. The van der Waals surface area contributed by atoms with Crippen LogP contribution in [-0.2, 0) is 0 Å². The molecule has 0 aliphatic heterocycles. The monoisotopic (exact) mass is 294 g/mol. The van der Waals surface area contributed by atoms with Crippen LogP contribution < -0.4 is 0 Å². The highest BCUT2D eigenvalue weighted by Gasteiger charge is 2.30. The molecule has 0 spiro atoms. The standard InChI is InChI=1S/C12H30S2Si2/c1-9-11(15(3,4)5)13-14-12(10-2)16(6,7)8/h11-12H,9-10H2,1-8H3. The van der Waals surface area contributed by atoms with Gasteiger partial charge in [-0.15, -0.1) is 0 Å². The number of hydrogen-bond donors (Lipinski definition) is 0. The third-order valence-electron chi connectivity index (χ3n) is 2.96. The van der Waals surface area contributed by atoms with Gasteiger partial charge in [-0.05, 0) is 12.8 Å². The first-order valence-corrected chi connectivity index (χ1v) is 15.9. The average Bonchev–Trinajstić information content (AvgIpc) is 2.08. The molecule has 0 radical (unpaired) electrons. The third-order valence-corrected chi connectivity index (χ3v) is 16.6. The molecule has 0 saturated heterocycles. The van der Waals surface area contributed by atoms with Gasteiger partial charge in [0, 0.05) is 9.75 Å². The van der Waals surface area contributed by atoms with Gasteiger partial charge in [-0.1, -0.05) is 74.7 Å². The molecule has 0 bridgehead atoms. The first-order valence-electron chi connectivity index (χ1n) is 6.45. The lowest BCUT2D eigenvalue weighted by Gasteiger charge is -2.32. The molecule has 0 N–H and O–H groups in total.